The highest BCUT2D eigenvalue weighted by Gasteiger charge is 2.34. The van der Waals surface area contributed by atoms with Crippen LogP contribution in [-0.2, 0) is 11.3 Å². The molecular formula is C20H17N3O2S. The summed E-state index contributed by atoms with van der Waals surface area (Å²) in [5, 5.41) is 4.83. The number of fused-ring (bicyclic) bond motifs is 1. The molecule has 2 amide bonds. The Hall–Kier alpha value is -2.99. The van der Waals surface area contributed by atoms with E-state index in [0.717, 1.165) is 16.0 Å². The molecule has 1 atom stereocenters. The van der Waals surface area contributed by atoms with Gasteiger partial charge in [0.25, 0.3) is 5.91 Å². The fourth-order valence-electron chi connectivity index (χ4n) is 3.20. The standard InChI is InChI=1S/C20H17N3O2S/c24-19(22-15-6-3-9-21-12-15)11-17(18-8-4-10-26-18)23-13-14-5-1-2-7-16(14)20(23)25/h1-10,12,17H,11,13H2,(H,22,24)/t17-/m1/s1. The van der Waals surface area contributed by atoms with Crippen LogP contribution >= 0.6 is 11.3 Å². The van der Waals surface area contributed by atoms with Gasteiger partial charge in [0.05, 0.1) is 24.3 Å². The van der Waals surface area contributed by atoms with Gasteiger partial charge in [-0.2, -0.15) is 0 Å². The van der Waals surface area contributed by atoms with Crippen molar-refractivity contribution >= 4 is 28.8 Å². The SMILES string of the molecule is O=C(C[C@H](c1cccs1)N1Cc2ccccc2C1=O)Nc1cccnc1. The number of hydrogen-bond donors (Lipinski definition) is 1. The van der Waals surface area contributed by atoms with Crippen molar-refractivity contribution in [1.29, 1.82) is 0 Å². The van der Waals surface area contributed by atoms with Crippen LogP contribution in [0.2, 0.25) is 0 Å². The predicted molar refractivity (Wildman–Crippen MR) is 101 cm³/mol. The first-order valence-electron chi connectivity index (χ1n) is 8.34. The van der Waals surface area contributed by atoms with Gasteiger partial charge in [0.2, 0.25) is 5.91 Å². The molecule has 1 aromatic carbocycles. The summed E-state index contributed by atoms with van der Waals surface area (Å²) in [6.07, 6.45) is 3.47. The maximum Gasteiger partial charge on any atom is 0.255 e. The number of pyridine rings is 1. The van der Waals surface area contributed by atoms with Crippen LogP contribution in [0.3, 0.4) is 0 Å². The van der Waals surface area contributed by atoms with Crippen molar-refractivity contribution < 1.29 is 9.59 Å². The summed E-state index contributed by atoms with van der Waals surface area (Å²) < 4.78 is 0. The van der Waals surface area contributed by atoms with Gasteiger partial charge in [-0.3, -0.25) is 14.6 Å². The van der Waals surface area contributed by atoms with E-state index < -0.39 is 0 Å². The maximum absolute atomic E-state index is 12.9. The van der Waals surface area contributed by atoms with E-state index in [1.165, 1.54) is 0 Å². The van der Waals surface area contributed by atoms with Crippen molar-refractivity contribution in [1.82, 2.24) is 9.88 Å². The number of nitrogens with zero attached hydrogens (tertiary/aromatic N) is 2. The van der Waals surface area contributed by atoms with E-state index >= 15 is 0 Å². The molecule has 0 bridgehead atoms. The lowest BCUT2D eigenvalue weighted by molar-refractivity contribution is -0.117. The largest absolute Gasteiger partial charge is 0.326 e. The molecule has 0 saturated heterocycles. The summed E-state index contributed by atoms with van der Waals surface area (Å²) in [4.78, 5) is 32.2. The minimum Gasteiger partial charge on any atom is -0.326 e. The zero-order valence-electron chi connectivity index (χ0n) is 14.0. The second kappa shape index (κ2) is 7.09. The third-order valence-corrected chi connectivity index (χ3v) is 5.39. The van der Waals surface area contributed by atoms with Gasteiger partial charge in [0, 0.05) is 23.2 Å². The lowest BCUT2D eigenvalue weighted by Gasteiger charge is -2.26. The Bertz CT molecular complexity index is 925. The van der Waals surface area contributed by atoms with Gasteiger partial charge >= 0.3 is 0 Å². The fourth-order valence-corrected chi connectivity index (χ4v) is 4.04. The molecule has 4 rings (SSSR count). The molecule has 1 aliphatic rings. The zero-order chi connectivity index (χ0) is 17.9. The van der Waals surface area contributed by atoms with Crippen molar-refractivity contribution in [3.63, 3.8) is 0 Å². The Morgan fingerprint density at radius 3 is 2.81 bits per heavy atom. The molecule has 0 aliphatic carbocycles. The Kier molecular flexibility index (Phi) is 4.50. The van der Waals surface area contributed by atoms with Crippen LogP contribution in [0.15, 0.2) is 66.3 Å². The first-order chi connectivity index (χ1) is 12.7. The number of anilines is 1. The fraction of sp³-hybridized carbons (Fsp3) is 0.150. The molecule has 0 saturated carbocycles. The number of rotatable bonds is 5. The monoisotopic (exact) mass is 363 g/mol. The van der Waals surface area contributed by atoms with Gasteiger partial charge in [0.15, 0.2) is 0 Å². The van der Waals surface area contributed by atoms with Crippen LogP contribution in [0.25, 0.3) is 0 Å². The normalized spacial score (nSPS) is 14.2. The molecule has 3 heterocycles. The number of aromatic nitrogens is 1. The molecule has 6 heteroatoms. The Labute approximate surface area is 155 Å². The highest BCUT2D eigenvalue weighted by molar-refractivity contribution is 7.10. The smallest absolute Gasteiger partial charge is 0.255 e. The van der Waals surface area contributed by atoms with E-state index in [0.29, 0.717) is 12.2 Å². The molecule has 130 valence electrons. The van der Waals surface area contributed by atoms with Crippen molar-refractivity contribution in [3.8, 4) is 0 Å². The molecule has 0 unspecified atom stereocenters. The van der Waals surface area contributed by atoms with E-state index in [-0.39, 0.29) is 24.3 Å². The highest BCUT2D eigenvalue weighted by Crippen LogP contribution is 2.35. The van der Waals surface area contributed by atoms with Crippen LogP contribution < -0.4 is 5.32 Å². The lowest BCUT2D eigenvalue weighted by Crippen LogP contribution is -2.31. The summed E-state index contributed by atoms with van der Waals surface area (Å²) in [5.74, 6) is -0.159. The summed E-state index contributed by atoms with van der Waals surface area (Å²) in [6.45, 7) is 0.526. The van der Waals surface area contributed by atoms with Gasteiger partial charge in [-0.15, -0.1) is 11.3 Å². The topological polar surface area (TPSA) is 62.3 Å². The van der Waals surface area contributed by atoms with Crippen LogP contribution in [0.1, 0.15) is 33.3 Å². The Morgan fingerprint density at radius 1 is 1.19 bits per heavy atom. The molecule has 0 radical (unpaired) electrons. The summed E-state index contributed by atoms with van der Waals surface area (Å²) in [6, 6.07) is 14.8. The number of hydrogen-bond acceptors (Lipinski definition) is 4. The van der Waals surface area contributed by atoms with E-state index in [4.69, 9.17) is 0 Å². The second-order valence-electron chi connectivity index (χ2n) is 6.12. The van der Waals surface area contributed by atoms with Gasteiger partial charge in [0.1, 0.15) is 0 Å². The van der Waals surface area contributed by atoms with Crippen LogP contribution in [0.5, 0.6) is 0 Å². The molecule has 2 aromatic heterocycles. The lowest BCUT2D eigenvalue weighted by atomic mass is 10.1. The van der Waals surface area contributed by atoms with E-state index in [1.807, 2.05) is 41.8 Å². The van der Waals surface area contributed by atoms with Gasteiger partial charge in [-0.25, -0.2) is 0 Å². The average Bonchev–Trinajstić information content (AvgIpc) is 3.30. The van der Waals surface area contributed by atoms with Crippen molar-refractivity contribution in [2.24, 2.45) is 0 Å². The van der Waals surface area contributed by atoms with Crippen molar-refractivity contribution in [2.75, 3.05) is 5.32 Å². The first kappa shape index (κ1) is 16.5. The molecule has 26 heavy (non-hydrogen) atoms. The van der Waals surface area contributed by atoms with Crippen LogP contribution in [0.4, 0.5) is 5.69 Å². The maximum atomic E-state index is 12.9. The number of benzene rings is 1. The van der Waals surface area contributed by atoms with Crippen molar-refractivity contribution in [3.05, 3.63) is 82.3 Å². The van der Waals surface area contributed by atoms with Crippen LogP contribution in [0, 0.1) is 0 Å². The second-order valence-corrected chi connectivity index (χ2v) is 7.09. The number of carbonyl (C=O) groups excluding carboxylic acids is 2. The van der Waals surface area contributed by atoms with Gasteiger partial charge in [-0.05, 0) is 35.2 Å². The average molecular weight is 363 g/mol. The minimum atomic E-state index is -0.286. The summed E-state index contributed by atoms with van der Waals surface area (Å²) in [5.41, 5.74) is 2.38. The third kappa shape index (κ3) is 3.23. The van der Waals surface area contributed by atoms with Gasteiger partial charge in [-0.1, -0.05) is 24.3 Å². The summed E-state index contributed by atoms with van der Waals surface area (Å²) in [7, 11) is 0. The highest BCUT2D eigenvalue weighted by atomic mass is 32.1. The summed E-state index contributed by atoms with van der Waals surface area (Å²) >= 11 is 1.56. The minimum absolute atomic E-state index is 0.0202. The van der Waals surface area contributed by atoms with Gasteiger partial charge < -0.3 is 10.2 Å². The third-order valence-electron chi connectivity index (χ3n) is 4.42. The van der Waals surface area contributed by atoms with E-state index in [9.17, 15) is 9.59 Å². The zero-order valence-corrected chi connectivity index (χ0v) is 14.8. The number of thiophene rings is 1. The number of nitrogens with one attached hydrogen (secondary N) is 1. The molecule has 5 nitrogen and oxygen atoms in total. The quantitative estimate of drug-likeness (QED) is 0.748. The predicted octanol–water partition coefficient (Wildman–Crippen LogP) is 3.87. The number of carbonyl (C=O) groups is 2. The van der Waals surface area contributed by atoms with E-state index in [1.54, 1.807) is 40.8 Å². The molecular weight excluding hydrogens is 346 g/mol. The molecule has 0 fully saturated rings. The Morgan fingerprint density at radius 2 is 2.08 bits per heavy atom. The molecule has 1 N–H and O–H groups in total. The van der Waals surface area contributed by atoms with Crippen LogP contribution in [-0.4, -0.2) is 21.7 Å². The molecule has 3 aromatic rings. The van der Waals surface area contributed by atoms with E-state index in [2.05, 4.69) is 10.3 Å². The molecule has 0 spiro atoms. The molecule has 1 aliphatic heterocycles. The first-order valence-corrected chi connectivity index (χ1v) is 9.22. The number of amides is 2. The van der Waals surface area contributed by atoms with Crippen molar-refractivity contribution in [2.45, 2.75) is 19.0 Å². The Balaban J connectivity index is 1.57.